The Labute approximate surface area is 84.1 Å². The third kappa shape index (κ3) is 3.60. The number of hydrogen-bond donors (Lipinski definition) is 2. The SMILES string of the molecule is NC(=O)C(=CS(=O)(=O)C(F)(F)F)S(=O)O. The van der Waals surface area contributed by atoms with Gasteiger partial charge in [0, 0.05) is 0 Å². The third-order valence-corrected chi connectivity index (χ3v) is 3.05. The first-order chi connectivity index (χ1) is 6.49. The normalized spacial score (nSPS) is 16.1. The molecular formula is C4H4F3NO5S2. The minimum atomic E-state index is -5.80. The molecule has 3 N–H and O–H groups in total. The maximum Gasteiger partial charge on any atom is 0.501 e. The molecular weight excluding hydrogens is 263 g/mol. The van der Waals surface area contributed by atoms with E-state index in [1.54, 1.807) is 0 Å². The molecule has 0 aromatic heterocycles. The van der Waals surface area contributed by atoms with E-state index in [1.807, 2.05) is 0 Å². The smallest absolute Gasteiger partial charge is 0.365 e. The van der Waals surface area contributed by atoms with Crippen molar-refractivity contribution in [3.63, 3.8) is 0 Å². The van der Waals surface area contributed by atoms with Crippen molar-refractivity contribution in [3.05, 3.63) is 10.3 Å². The summed E-state index contributed by atoms with van der Waals surface area (Å²) >= 11 is -3.21. The lowest BCUT2D eigenvalue weighted by atomic mass is 10.6. The van der Waals surface area contributed by atoms with Crippen LogP contribution in [-0.4, -0.2) is 28.6 Å². The van der Waals surface area contributed by atoms with E-state index in [0.29, 0.717) is 0 Å². The van der Waals surface area contributed by atoms with Gasteiger partial charge in [-0.1, -0.05) is 0 Å². The molecule has 0 bridgehead atoms. The molecule has 0 aliphatic heterocycles. The van der Waals surface area contributed by atoms with Crippen LogP contribution in [0.5, 0.6) is 0 Å². The Morgan fingerprint density at radius 2 is 1.80 bits per heavy atom. The number of halogens is 3. The summed E-state index contributed by atoms with van der Waals surface area (Å²) < 4.78 is 74.6. The molecule has 1 amide bonds. The number of sulfone groups is 1. The zero-order valence-corrected chi connectivity index (χ0v) is 8.32. The summed E-state index contributed by atoms with van der Waals surface area (Å²) in [7, 11) is -5.80. The van der Waals surface area contributed by atoms with Crippen molar-refractivity contribution in [2.24, 2.45) is 5.73 Å². The molecule has 0 aromatic carbocycles. The van der Waals surface area contributed by atoms with E-state index in [4.69, 9.17) is 4.55 Å². The largest absolute Gasteiger partial charge is 0.501 e. The van der Waals surface area contributed by atoms with Crippen molar-refractivity contribution in [2.45, 2.75) is 5.51 Å². The van der Waals surface area contributed by atoms with Gasteiger partial charge < -0.3 is 10.3 Å². The number of rotatable bonds is 3. The van der Waals surface area contributed by atoms with Gasteiger partial charge in [0.25, 0.3) is 15.7 Å². The Hall–Kier alpha value is -0.940. The molecule has 6 nitrogen and oxygen atoms in total. The lowest BCUT2D eigenvalue weighted by Crippen LogP contribution is -2.24. The van der Waals surface area contributed by atoms with Gasteiger partial charge in [0.2, 0.25) is 0 Å². The highest BCUT2D eigenvalue weighted by atomic mass is 32.2. The summed E-state index contributed by atoms with van der Waals surface area (Å²) in [5.74, 6) is -1.73. The Balaban J connectivity index is 5.56. The predicted octanol–water partition coefficient (Wildman–Crippen LogP) is -0.531. The fraction of sp³-hybridized carbons (Fsp3) is 0.250. The monoisotopic (exact) mass is 267 g/mol. The maximum absolute atomic E-state index is 11.8. The van der Waals surface area contributed by atoms with E-state index in [0.717, 1.165) is 0 Å². The van der Waals surface area contributed by atoms with Crippen LogP contribution < -0.4 is 5.73 Å². The quantitative estimate of drug-likeness (QED) is 0.527. The molecule has 0 heterocycles. The first-order valence-electron chi connectivity index (χ1n) is 2.92. The number of hydrogen-bond acceptors (Lipinski definition) is 4. The summed E-state index contributed by atoms with van der Waals surface area (Å²) in [5, 5.41) is -0.675. The van der Waals surface area contributed by atoms with Crippen molar-refractivity contribution >= 4 is 26.8 Å². The highest BCUT2D eigenvalue weighted by molar-refractivity contribution is 7.96. The van der Waals surface area contributed by atoms with Crippen LogP contribution in [0.3, 0.4) is 0 Å². The van der Waals surface area contributed by atoms with Crippen molar-refractivity contribution < 1.29 is 35.1 Å². The number of nitrogens with two attached hydrogens (primary N) is 1. The second-order valence-corrected chi connectivity index (χ2v) is 4.81. The fourth-order valence-electron chi connectivity index (χ4n) is 0.393. The van der Waals surface area contributed by atoms with Crippen LogP contribution in [0, 0.1) is 0 Å². The van der Waals surface area contributed by atoms with Crippen molar-refractivity contribution in [1.82, 2.24) is 0 Å². The fourth-order valence-corrected chi connectivity index (χ4v) is 1.81. The number of amides is 1. The molecule has 0 rings (SSSR count). The van der Waals surface area contributed by atoms with Gasteiger partial charge in [-0.25, -0.2) is 12.6 Å². The van der Waals surface area contributed by atoms with E-state index < -0.39 is 42.6 Å². The lowest BCUT2D eigenvalue weighted by Gasteiger charge is -2.04. The Kier molecular flexibility index (Phi) is 4.01. The Morgan fingerprint density at radius 1 is 1.40 bits per heavy atom. The molecule has 1 atom stereocenters. The topological polar surface area (TPSA) is 115 Å². The van der Waals surface area contributed by atoms with Gasteiger partial charge in [-0.15, -0.1) is 0 Å². The molecule has 88 valence electrons. The van der Waals surface area contributed by atoms with E-state index in [1.165, 1.54) is 0 Å². The number of primary amides is 1. The lowest BCUT2D eigenvalue weighted by molar-refractivity contribution is -0.113. The van der Waals surface area contributed by atoms with Gasteiger partial charge >= 0.3 is 5.51 Å². The summed E-state index contributed by atoms with van der Waals surface area (Å²) in [6, 6.07) is 0. The molecule has 0 aromatic rings. The Bertz CT molecular complexity index is 406. The first kappa shape index (κ1) is 14.1. The van der Waals surface area contributed by atoms with Crippen LogP contribution in [0.4, 0.5) is 13.2 Å². The zero-order valence-electron chi connectivity index (χ0n) is 6.69. The van der Waals surface area contributed by atoms with Gasteiger partial charge in [-0.3, -0.25) is 4.79 Å². The molecule has 11 heteroatoms. The van der Waals surface area contributed by atoms with Crippen LogP contribution in [0.15, 0.2) is 10.3 Å². The molecule has 0 radical (unpaired) electrons. The van der Waals surface area contributed by atoms with Gasteiger partial charge in [-0.2, -0.15) is 13.2 Å². The standard InChI is InChI=1S/C4H4F3NO5S2/c5-4(6,7)15(12,13)1-2(3(8)9)14(10)11/h1H,(H2,8,9)(H,10,11). The zero-order chi connectivity index (χ0) is 12.4. The van der Waals surface area contributed by atoms with Crippen molar-refractivity contribution in [1.29, 1.82) is 0 Å². The molecule has 0 fully saturated rings. The predicted molar refractivity (Wildman–Crippen MR) is 43.0 cm³/mol. The highest BCUT2D eigenvalue weighted by Gasteiger charge is 2.45. The maximum atomic E-state index is 11.8. The van der Waals surface area contributed by atoms with Gasteiger partial charge in [0.15, 0.2) is 11.1 Å². The molecule has 0 saturated carbocycles. The minimum absolute atomic E-state index is 0.675. The highest BCUT2D eigenvalue weighted by Crippen LogP contribution is 2.25. The van der Waals surface area contributed by atoms with Gasteiger partial charge in [0.05, 0.1) is 5.41 Å². The molecule has 1 unspecified atom stereocenters. The van der Waals surface area contributed by atoms with E-state index in [2.05, 4.69) is 5.73 Å². The van der Waals surface area contributed by atoms with Gasteiger partial charge in [-0.05, 0) is 0 Å². The Morgan fingerprint density at radius 3 is 2.00 bits per heavy atom. The number of alkyl halides is 3. The average Bonchev–Trinajstić information content (AvgIpc) is 1.96. The average molecular weight is 267 g/mol. The van der Waals surface area contributed by atoms with Crippen LogP contribution in [0.25, 0.3) is 0 Å². The third-order valence-electron chi connectivity index (χ3n) is 1.02. The van der Waals surface area contributed by atoms with Gasteiger partial charge in [0.1, 0.15) is 4.91 Å². The molecule has 0 saturated heterocycles. The number of carbonyl (C=O) groups excluding carboxylic acids is 1. The first-order valence-corrected chi connectivity index (χ1v) is 5.58. The van der Waals surface area contributed by atoms with Crippen molar-refractivity contribution in [3.8, 4) is 0 Å². The van der Waals surface area contributed by atoms with E-state index >= 15 is 0 Å². The number of carbonyl (C=O) groups is 1. The van der Waals surface area contributed by atoms with Crippen LogP contribution in [0.2, 0.25) is 0 Å². The van der Waals surface area contributed by atoms with Crippen LogP contribution in [0.1, 0.15) is 0 Å². The summed E-state index contributed by atoms with van der Waals surface area (Å²) in [5.41, 5.74) is -1.26. The molecule has 0 aliphatic carbocycles. The van der Waals surface area contributed by atoms with Crippen LogP contribution in [-0.2, 0) is 25.7 Å². The molecule has 0 aliphatic rings. The second-order valence-electron chi connectivity index (χ2n) is 2.09. The molecule has 15 heavy (non-hydrogen) atoms. The summed E-state index contributed by atoms with van der Waals surface area (Å²) in [6.45, 7) is 0. The molecule has 0 spiro atoms. The minimum Gasteiger partial charge on any atom is -0.365 e. The van der Waals surface area contributed by atoms with E-state index in [9.17, 15) is 30.6 Å². The summed E-state index contributed by atoms with van der Waals surface area (Å²) in [4.78, 5) is 8.77. The second kappa shape index (κ2) is 4.28. The van der Waals surface area contributed by atoms with E-state index in [-0.39, 0.29) is 0 Å². The van der Waals surface area contributed by atoms with Crippen molar-refractivity contribution in [2.75, 3.05) is 0 Å². The van der Waals surface area contributed by atoms with Crippen LogP contribution >= 0.6 is 0 Å². The summed E-state index contributed by atoms with van der Waals surface area (Å²) in [6.07, 6.45) is 0.